The number of aromatic nitrogens is 1. The Labute approximate surface area is 170 Å². The molecule has 0 radical (unpaired) electrons. The number of rotatable bonds is 5. The van der Waals surface area contributed by atoms with Crippen molar-refractivity contribution in [1.82, 2.24) is 10.3 Å². The Kier molecular flexibility index (Phi) is 5.69. The van der Waals surface area contributed by atoms with Crippen LogP contribution < -0.4 is 5.32 Å². The lowest BCUT2D eigenvalue weighted by molar-refractivity contribution is 0.0947. The smallest absolute Gasteiger partial charge is 0.255 e. The zero-order valence-electron chi connectivity index (χ0n) is 16.8. The van der Waals surface area contributed by atoms with Crippen molar-refractivity contribution in [3.05, 3.63) is 83.2 Å². The summed E-state index contributed by atoms with van der Waals surface area (Å²) in [4.78, 5) is 16.9. The summed E-state index contributed by atoms with van der Waals surface area (Å²) in [6.07, 6.45) is 3.33. The van der Waals surface area contributed by atoms with Crippen molar-refractivity contribution >= 4 is 11.5 Å². The maximum atomic E-state index is 12.8. The third kappa shape index (κ3) is 4.14. The summed E-state index contributed by atoms with van der Waals surface area (Å²) in [7, 11) is 0. The van der Waals surface area contributed by atoms with Crippen molar-refractivity contribution in [2.45, 2.75) is 27.3 Å². The zero-order chi connectivity index (χ0) is 21.1. The van der Waals surface area contributed by atoms with Gasteiger partial charge in [0.25, 0.3) is 5.91 Å². The maximum Gasteiger partial charge on any atom is 0.255 e. The van der Waals surface area contributed by atoms with Crippen LogP contribution in [0.5, 0.6) is 11.5 Å². The monoisotopic (exact) mass is 388 g/mol. The van der Waals surface area contributed by atoms with Crippen molar-refractivity contribution in [3.63, 3.8) is 0 Å². The van der Waals surface area contributed by atoms with Gasteiger partial charge in [0, 0.05) is 18.9 Å². The first-order chi connectivity index (χ1) is 13.8. The van der Waals surface area contributed by atoms with Crippen molar-refractivity contribution in [1.29, 1.82) is 0 Å². The molecule has 1 amide bonds. The molecule has 148 valence electrons. The summed E-state index contributed by atoms with van der Waals surface area (Å²) < 4.78 is 0. The molecule has 1 heterocycles. The molecule has 3 aromatic rings. The molecular formula is C24H24N2O3. The Morgan fingerprint density at radius 1 is 1.17 bits per heavy atom. The minimum Gasteiger partial charge on any atom is -0.507 e. The van der Waals surface area contributed by atoms with Gasteiger partial charge in [0.05, 0.1) is 11.1 Å². The van der Waals surface area contributed by atoms with Crippen molar-refractivity contribution < 1.29 is 15.0 Å². The average Bonchev–Trinajstić information content (AvgIpc) is 2.66. The molecule has 0 aliphatic carbocycles. The summed E-state index contributed by atoms with van der Waals surface area (Å²) in [6.45, 7) is 9.74. The molecule has 3 N–H and O–H groups in total. The van der Waals surface area contributed by atoms with E-state index in [9.17, 15) is 15.0 Å². The number of phenolic OH excluding ortho intramolecular Hbond substituents is 2. The Morgan fingerprint density at radius 3 is 2.59 bits per heavy atom. The summed E-state index contributed by atoms with van der Waals surface area (Å²) in [5.74, 6) is -0.758. The number of aryl methyl sites for hydroxylation is 2. The van der Waals surface area contributed by atoms with Gasteiger partial charge in [0.1, 0.15) is 11.5 Å². The first kappa shape index (κ1) is 20.1. The molecule has 5 heteroatoms. The Morgan fingerprint density at radius 2 is 1.93 bits per heavy atom. The fourth-order valence-corrected chi connectivity index (χ4v) is 3.35. The van der Waals surface area contributed by atoms with Crippen LogP contribution in [-0.2, 0) is 6.54 Å². The van der Waals surface area contributed by atoms with E-state index in [1.165, 1.54) is 6.07 Å². The van der Waals surface area contributed by atoms with Crippen molar-refractivity contribution in [2.24, 2.45) is 0 Å². The third-order valence-electron chi connectivity index (χ3n) is 4.78. The number of amides is 1. The van der Waals surface area contributed by atoms with Crippen LogP contribution in [-0.4, -0.2) is 21.1 Å². The topological polar surface area (TPSA) is 82.5 Å². The minimum absolute atomic E-state index is 0.0862. The highest BCUT2D eigenvalue weighted by atomic mass is 16.3. The molecule has 3 rings (SSSR count). The van der Waals surface area contributed by atoms with E-state index in [2.05, 4.69) is 16.9 Å². The molecule has 5 nitrogen and oxygen atoms in total. The Bertz CT molecular complexity index is 1090. The van der Waals surface area contributed by atoms with E-state index < -0.39 is 5.91 Å². The van der Waals surface area contributed by atoms with Gasteiger partial charge >= 0.3 is 0 Å². The number of carbonyl (C=O) groups excluding carboxylic acids is 1. The maximum absolute atomic E-state index is 12.8. The van der Waals surface area contributed by atoms with E-state index in [1.54, 1.807) is 25.4 Å². The molecule has 0 aliphatic rings. The van der Waals surface area contributed by atoms with Crippen LogP contribution in [0.4, 0.5) is 0 Å². The average molecular weight is 388 g/mol. The summed E-state index contributed by atoms with van der Waals surface area (Å²) in [5.41, 5.74) is 4.88. The summed E-state index contributed by atoms with van der Waals surface area (Å²) in [5, 5.41) is 24.4. The number of pyridine rings is 1. The lowest BCUT2D eigenvalue weighted by atomic mass is 9.90. The molecule has 29 heavy (non-hydrogen) atoms. The minimum atomic E-state index is -0.422. The highest BCUT2D eigenvalue weighted by Gasteiger charge is 2.23. The fraction of sp³-hybridized carbons (Fsp3) is 0.167. The Balaban J connectivity index is 2.07. The van der Waals surface area contributed by atoms with Crippen LogP contribution in [0.25, 0.3) is 16.7 Å². The second kappa shape index (κ2) is 8.19. The van der Waals surface area contributed by atoms with E-state index in [-0.39, 0.29) is 29.2 Å². The van der Waals surface area contributed by atoms with Gasteiger partial charge in [-0.25, -0.2) is 0 Å². The van der Waals surface area contributed by atoms with E-state index >= 15 is 0 Å². The van der Waals surface area contributed by atoms with Gasteiger partial charge in [0.2, 0.25) is 0 Å². The largest absolute Gasteiger partial charge is 0.507 e. The highest BCUT2D eigenvalue weighted by Crippen LogP contribution is 2.44. The van der Waals surface area contributed by atoms with Crippen molar-refractivity contribution in [2.75, 3.05) is 0 Å². The van der Waals surface area contributed by atoms with Gasteiger partial charge in [-0.2, -0.15) is 0 Å². The number of hydrogen-bond acceptors (Lipinski definition) is 4. The first-order valence-corrected chi connectivity index (χ1v) is 9.29. The van der Waals surface area contributed by atoms with Gasteiger partial charge in [-0.1, -0.05) is 42.0 Å². The number of aromatic hydroxyl groups is 2. The summed E-state index contributed by atoms with van der Waals surface area (Å²) in [6, 6.07) is 10.9. The van der Waals surface area contributed by atoms with Gasteiger partial charge in [-0.05, 0) is 55.2 Å². The van der Waals surface area contributed by atoms with Gasteiger partial charge < -0.3 is 15.5 Å². The fourth-order valence-electron chi connectivity index (χ4n) is 3.35. The number of nitrogens with one attached hydrogen (secondary N) is 1. The standard InChI is InChI=1S/C24H24N2O3/c1-14(2)18-8-7-15(3)10-19(18)22-20(27)11-16(4)21(23(22)28)24(29)26-13-17-6-5-9-25-12-17/h5-12,27-28H,1,13H2,2-4H3,(H,26,29). The van der Waals surface area contributed by atoms with Crippen LogP contribution in [0.2, 0.25) is 0 Å². The van der Waals surface area contributed by atoms with E-state index in [1.807, 2.05) is 38.1 Å². The summed E-state index contributed by atoms with van der Waals surface area (Å²) >= 11 is 0. The molecule has 0 atom stereocenters. The molecule has 0 spiro atoms. The predicted octanol–water partition coefficient (Wildman–Crippen LogP) is 4.74. The normalized spacial score (nSPS) is 10.6. The van der Waals surface area contributed by atoms with Crippen LogP contribution in [0.15, 0.2) is 55.4 Å². The molecule has 0 aliphatic heterocycles. The lowest BCUT2D eigenvalue weighted by Gasteiger charge is -2.18. The Hall–Kier alpha value is -3.60. The van der Waals surface area contributed by atoms with E-state index in [4.69, 9.17) is 0 Å². The number of phenols is 2. The molecule has 0 fully saturated rings. The molecule has 2 aromatic carbocycles. The van der Waals surface area contributed by atoms with Gasteiger partial charge in [0.15, 0.2) is 0 Å². The predicted molar refractivity (Wildman–Crippen MR) is 115 cm³/mol. The molecule has 1 aromatic heterocycles. The molecule has 0 bridgehead atoms. The molecule has 0 unspecified atom stereocenters. The molecule has 0 saturated carbocycles. The van der Waals surface area contributed by atoms with E-state index in [0.717, 1.165) is 22.3 Å². The lowest BCUT2D eigenvalue weighted by Crippen LogP contribution is -2.24. The van der Waals surface area contributed by atoms with Crippen LogP contribution in [0.3, 0.4) is 0 Å². The number of benzene rings is 2. The number of carbonyl (C=O) groups is 1. The van der Waals surface area contributed by atoms with Gasteiger partial charge in [-0.3, -0.25) is 9.78 Å². The molecular weight excluding hydrogens is 364 g/mol. The first-order valence-electron chi connectivity index (χ1n) is 9.29. The SMILES string of the molecule is C=C(C)c1ccc(C)cc1-c1c(O)cc(C)c(C(=O)NCc2cccnc2)c1O. The van der Waals surface area contributed by atoms with Crippen LogP contribution >= 0.6 is 0 Å². The zero-order valence-corrected chi connectivity index (χ0v) is 16.8. The number of nitrogens with zero attached hydrogens (tertiary/aromatic N) is 1. The number of hydrogen-bond donors (Lipinski definition) is 3. The molecule has 0 saturated heterocycles. The number of allylic oxidation sites excluding steroid dienone is 1. The van der Waals surface area contributed by atoms with Crippen LogP contribution in [0.1, 0.15) is 39.5 Å². The third-order valence-corrected chi connectivity index (χ3v) is 4.78. The van der Waals surface area contributed by atoms with Crippen LogP contribution in [0, 0.1) is 13.8 Å². The van der Waals surface area contributed by atoms with E-state index in [0.29, 0.717) is 11.1 Å². The quantitative estimate of drug-likeness (QED) is 0.590. The second-order valence-corrected chi connectivity index (χ2v) is 7.18. The van der Waals surface area contributed by atoms with Crippen molar-refractivity contribution in [3.8, 4) is 22.6 Å². The second-order valence-electron chi connectivity index (χ2n) is 7.18. The van der Waals surface area contributed by atoms with Gasteiger partial charge in [-0.15, -0.1) is 0 Å². The highest BCUT2D eigenvalue weighted by molar-refractivity contribution is 6.02.